The lowest BCUT2D eigenvalue weighted by molar-refractivity contribution is 0.0524. The fourth-order valence-electron chi connectivity index (χ4n) is 3.84. The number of aryl methyl sites for hydroxylation is 2. The van der Waals surface area contributed by atoms with Crippen molar-refractivity contribution in [2.75, 3.05) is 11.9 Å². The molecule has 2 aromatic rings. The molecule has 1 aliphatic rings. The summed E-state index contributed by atoms with van der Waals surface area (Å²) in [7, 11) is 0. The van der Waals surface area contributed by atoms with E-state index in [1.165, 1.54) is 12.6 Å². The van der Waals surface area contributed by atoms with E-state index in [4.69, 9.17) is 11.2 Å². The Morgan fingerprint density at radius 2 is 2.07 bits per heavy atom. The van der Waals surface area contributed by atoms with Gasteiger partial charge in [0.25, 0.3) is 0 Å². The van der Waals surface area contributed by atoms with E-state index in [0.717, 1.165) is 37.1 Å². The van der Waals surface area contributed by atoms with E-state index in [2.05, 4.69) is 16.2 Å². The number of rotatable bonds is 5. The lowest BCUT2D eigenvalue weighted by Crippen LogP contribution is -2.39. The molecule has 0 radical (unpaired) electrons. The number of fused-ring (bicyclic) bond motifs is 1. The van der Waals surface area contributed by atoms with Crippen LogP contribution in [0.15, 0.2) is 17.1 Å². The summed E-state index contributed by atoms with van der Waals surface area (Å²) in [6.07, 6.45) is 12.5. The van der Waals surface area contributed by atoms with Crippen molar-refractivity contribution < 1.29 is 9.53 Å². The Morgan fingerprint density at radius 1 is 1.36 bits per heavy atom. The van der Waals surface area contributed by atoms with Crippen LogP contribution in [0.4, 0.5) is 5.69 Å². The highest BCUT2D eigenvalue weighted by Gasteiger charge is 2.30. The second-order valence-corrected chi connectivity index (χ2v) is 7.28. The van der Waals surface area contributed by atoms with E-state index in [1.54, 1.807) is 17.6 Å². The number of carbonyl (C=O) groups is 1. The maximum atomic E-state index is 13.0. The van der Waals surface area contributed by atoms with Gasteiger partial charge in [-0.15, -0.1) is 6.42 Å². The monoisotopic (exact) mass is 381 g/mol. The van der Waals surface area contributed by atoms with Gasteiger partial charge in [-0.1, -0.05) is 25.2 Å². The van der Waals surface area contributed by atoms with Crippen molar-refractivity contribution in [3.63, 3.8) is 0 Å². The average Bonchev–Trinajstić information content (AvgIpc) is 2.70. The van der Waals surface area contributed by atoms with Crippen molar-refractivity contribution in [3.05, 3.63) is 33.7 Å². The summed E-state index contributed by atoms with van der Waals surface area (Å²) in [5.41, 5.74) is 1.32. The summed E-state index contributed by atoms with van der Waals surface area (Å²) < 4.78 is 6.85. The molecule has 28 heavy (non-hydrogen) atoms. The average molecular weight is 381 g/mol. The fraction of sp³-hybridized carbons (Fsp3) is 0.500. The Bertz CT molecular complexity index is 995. The minimum Gasteiger partial charge on any atom is -0.462 e. The van der Waals surface area contributed by atoms with E-state index in [1.807, 2.05) is 13.8 Å². The summed E-state index contributed by atoms with van der Waals surface area (Å²) in [6, 6.07) is 1.78. The molecular formula is C22H27N3O3. The van der Waals surface area contributed by atoms with Gasteiger partial charge in [-0.3, -0.25) is 4.79 Å². The molecule has 1 N–H and O–H groups in total. The molecule has 0 amide bonds. The van der Waals surface area contributed by atoms with Crippen LogP contribution in [0, 0.1) is 19.3 Å². The highest BCUT2D eigenvalue weighted by Crippen LogP contribution is 2.32. The van der Waals surface area contributed by atoms with Gasteiger partial charge in [0, 0.05) is 12.7 Å². The number of hydrogen-bond acceptors (Lipinski definition) is 5. The van der Waals surface area contributed by atoms with Crippen LogP contribution in [0.1, 0.15) is 62.0 Å². The molecule has 0 aromatic carbocycles. The topological polar surface area (TPSA) is 73.2 Å². The molecule has 2 aromatic heterocycles. The standard InChI is InChI=1S/C22H27N3O3/c1-5-22(11-9-8-10-12-22)24-18-13-16-19(26)17(21(27)28-7-3)14-25(6-2)20(16)23-15(18)4/h1,13-14,24H,6-12H2,2-4H3. The highest BCUT2D eigenvalue weighted by atomic mass is 16.5. The normalized spacial score (nSPS) is 15.8. The predicted molar refractivity (Wildman–Crippen MR) is 111 cm³/mol. The van der Waals surface area contributed by atoms with E-state index in [9.17, 15) is 9.59 Å². The van der Waals surface area contributed by atoms with E-state index < -0.39 is 11.5 Å². The maximum Gasteiger partial charge on any atom is 0.343 e. The van der Waals surface area contributed by atoms with Gasteiger partial charge in [-0.05, 0) is 39.7 Å². The van der Waals surface area contributed by atoms with E-state index >= 15 is 0 Å². The minimum atomic E-state index is -0.612. The molecule has 0 atom stereocenters. The molecule has 0 bridgehead atoms. The fourth-order valence-corrected chi connectivity index (χ4v) is 3.84. The summed E-state index contributed by atoms with van der Waals surface area (Å²) in [5, 5.41) is 3.87. The molecule has 1 saturated carbocycles. The van der Waals surface area contributed by atoms with Gasteiger partial charge in [0.1, 0.15) is 11.2 Å². The van der Waals surface area contributed by atoms with Crippen LogP contribution in [0.2, 0.25) is 0 Å². The Balaban J connectivity index is 2.15. The predicted octanol–water partition coefficient (Wildman–Crippen LogP) is 3.65. The van der Waals surface area contributed by atoms with Crippen LogP contribution in [0.5, 0.6) is 0 Å². The summed E-state index contributed by atoms with van der Waals surface area (Å²) >= 11 is 0. The van der Waals surface area contributed by atoms with Gasteiger partial charge >= 0.3 is 5.97 Å². The summed E-state index contributed by atoms with van der Waals surface area (Å²) in [4.78, 5) is 29.9. The van der Waals surface area contributed by atoms with Crippen LogP contribution >= 0.6 is 0 Å². The Morgan fingerprint density at radius 3 is 2.68 bits per heavy atom. The third-order valence-corrected chi connectivity index (χ3v) is 5.43. The van der Waals surface area contributed by atoms with Gasteiger partial charge in [-0.25, -0.2) is 9.78 Å². The highest BCUT2D eigenvalue weighted by molar-refractivity contribution is 5.93. The van der Waals surface area contributed by atoms with Crippen LogP contribution in [0.25, 0.3) is 11.0 Å². The summed E-state index contributed by atoms with van der Waals surface area (Å²) in [5.74, 6) is 2.32. The third-order valence-electron chi connectivity index (χ3n) is 5.43. The van der Waals surface area contributed by atoms with Gasteiger partial charge in [0.15, 0.2) is 0 Å². The first kappa shape index (κ1) is 19.9. The molecule has 1 fully saturated rings. The van der Waals surface area contributed by atoms with Crippen LogP contribution in [-0.2, 0) is 11.3 Å². The van der Waals surface area contributed by atoms with Gasteiger partial charge in [0.2, 0.25) is 5.43 Å². The first-order chi connectivity index (χ1) is 13.4. The third kappa shape index (κ3) is 3.62. The number of hydrogen-bond donors (Lipinski definition) is 1. The van der Waals surface area contributed by atoms with Crippen molar-refractivity contribution in [2.45, 2.75) is 65.0 Å². The number of esters is 1. The molecule has 0 spiro atoms. The zero-order valence-corrected chi connectivity index (χ0v) is 16.8. The van der Waals surface area contributed by atoms with Crippen molar-refractivity contribution in [1.29, 1.82) is 0 Å². The zero-order valence-electron chi connectivity index (χ0n) is 16.8. The number of nitrogens with one attached hydrogen (secondary N) is 1. The number of terminal acetylenes is 1. The second kappa shape index (κ2) is 8.05. The van der Waals surface area contributed by atoms with Crippen LogP contribution < -0.4 is 10.7 Å². The molecule has 3 rings (SSSR count). The smallest absolute Gasteiger partial charge is 0.343 e. The van der Waals surface area contributed by atoms with E-state index in [-0.39, 0.29) is 17.6 Å². The molecule has 2 heterocycles. The quantitative estimate of drug-likeness (QED) is 0.632. The second-order valence-electron chi connectivity index (χ2n) is 7.28. The first-order valence-electron chi connectivity index (χ1n) is 9.92. The Hall–Kier alpha value is -2.81. The van der Waals surface area contributed by atoms with Crippen LogP contribution in [0.3, 0.4) is 0 Å². The number of carbonyl (C=O) groups excluding carboxylic acids is 1. The largest absolute Gasteiger partial charge is 0.462 e. The van der Waals surface area contributed by atoms with Crippen molar-refractivity contribution in [1.82, 2.24) is 9.55 Å². The van der Waals surface area contributed by atoms with Gasteiger partial charge in [-0.2, -0.15) is 0 Å². The van der Waals surface area contributed by atoms with E-state index in [0.29, 0.717) is 17.6 Å². The number of pyridine rings is 2. The SMILES string of the molecule is C#CC1(Nc2cc3c(=O)c(C(=O)OCC)cn(CC)c3nc2C)CCCCC1. The Labute approximate surface area is 165 Å². The van der Waals surface area contributed by atoms with Gasteiger partial charge in [0.05, 0.1) is 28.9 Å². The van der Waals surface area contributed by atoms with Crippen molar-refractivity contribution in [3.8, 4) is 12.3 Å². The molecule has 0 saturated heterocycles. The van der Waals surface area contributed by atoms with Crippen molar-refractivity contribution in [2.24, 2.45) is 0 Å². The molecule has 6 heteroatoms. The first-order valence-corrected chi connectivity index (χ1v) is 9.92. The molecule has 148 valence electrons. The minimum absolute atomic E-state index is 0.0251. The lowest BCUT2D eigenvalue weighted by atomic mass is 9.82. The molecule has 0 aliphatic heterocycles. The maximum absolute atomic E-state index is 13.0. The Kier molecular flexibility index (Phi) is 5.73. The van der Waals surface area contributed by atoms with Gasteiger partial charge < -0.3 is 14.6 Å². The molecule has 6 nitrogen and oxygen atoms in total. The number of anilines is 1. The molecule has 1 aliphatic carbocycles. The van der Waals surface area contributed by atoms with Crippen LogP contribution in [-0.4, -0.2) is 27.7 Å². The number of aromatic nitrogens is 2. The van der Waals surface area contributed by atoms with Crippen molar-refractivity contribution >= 4 is 22.7 Å². The summed E-state index contributed by atoms with van der Waals surface area (Å²) in [6.45, 7) is 6.35. The lowest BCUT2D eigenvalue weighted by Gasteiger charge is -2.34. The zero-order chi connectivity index (χ0) is 20.3. The number of ether oxygens (including phenoxy) is 1. The number of nitrogens with zero attached hydrogens (tertiary/aromatic N) is 2. The molecular weight excluding hydrogens is 354 g/mol. The molecule has 0 unspecified atom stereocenters.